The maximum atomic E-state index is 11.4. The summed E-state index contributed by atoms with van der Waals surface area (Å²) in [7, 11) is 4.19. The molecular weight excluding hydrogens is 212 g/mol. The molecule has 0 spiro atoms. The van der Waals surface area contributed by atoms with Crippen LogP contribution in [-0.4, -0.2) is 43.3 Å². The van der Waals surface area contributed by atoms with Gasteiger partial charge in [-0.2, -0.15) is 0 Å². The maximum Gasteiger partial charge on any atom is 0.333 e. The van der Waals surface area contributed by atoms with Crippen LogP contribution in [0, 0.1) is 0 Å². The van der Waals surface area contributed by atoms with Crippen molar-refractivity contribution in [2.24, 2.45) is 0 Å². The Morgan fingerprint density at radius 1 is 1.40 bits per heavy atom. The monoisotopic (exact) mass is 232 g/mol. The molecule has 0 amide bonds. The zero-order valence-electron chi connectivity index (χ0n) is 9.75. The molecule has 0 unspecified atom stereocenters. The minimum absolute atomic E-state index is 0.340. The van der Waals surface area contributed by atoms with Crippen molar-refractivity contribution in [1.29, 1.82) is 0 Å². The van der Waals surface area contributed by atoms with E-state index in [1.54, 1.807) is 0 Å². The molecule has 0 aliphatic heterocycles. The molecule has 0 atom stereocenters. The van der Waals surface area contributed by atoms with Crippen LogP contribution in [0.3, 0.4) is 0 Å². The molecule has 0 aromatic heterocycles. The van der Waals surface area contributed by atoms with Gasteiger partial charge in [-0.05, 0) is 6.42 Å². The zero-order valence-corrected chi connectivity index (χ0v) is 11.7. The average Bonchev–Trinajstić information content (AvgIpc) is 2.25. The van der Waals surface area contributed by atoms with Gasteiger partial charge in [0.1, 0.15) is 0 Å². The molecule has 0 N–H and O–H groups in total. The minimum atomic E-state index is -0.427. The molecule has 0 rings (SSSR count). The van der Waals surface area contributed by atoms with E-state index in [1.807, 2.05) is 0 Å². The van der Waals surface area contributed by atoms with Crippen molar-refractivity contribution in [3.8, 4) is 0 Å². The number of ether oxygens (including phenoxy) is 3. The molecule has 4 nitrogen and oxygen atoms in total. The summed E-state index contributed by atoms with van der Waals surface area (Å²) in [4.78, 5) is 11.4. The summed E-state index contributed by atoms with van der Waals surface area (Å²) in [6.07, 6.45) is 0.847. The largest absolute Gasteiger partial charge is 0.462 e. The molecular formula is C10H20O4Si. The molecule has 0 heterocycles. The van der Waals surface area contributed by atoms with E-state index in [9.17, 15) is 4.79 Å². The van der Waals surface area contributed by atoms with E-state index in [2.05, 4.69) is 6.58 Å². The fourth-order valence-corrected chi connectivity index (χ4v) is 1.25. The third kappa shape index (κ3) is 6.43. The fourth-order valence-electron chi connectivity index (χ4n) is 0.959. The summed E-state index contributed by atoms with van der Waals surface area (Å²) in [5, 5.41) is 0. The smallest absolute Gasteiger partial charge is 0.333 e. The molecule has 0 aromatic rings. The average molecular weight is 232 g/mol. The summed E-state index contributed by atoms with van der Waals surface area (Å²) in [6, 6.07) is 1.14. The van der Waals surface area contributed by atoms with Gasteiger partial charge in [0.25, 0.3) is 0 Å². The van der Waals surface area contributed by atoms with Gasteiger partial charge in [-0.15, -0.1) is 0 Å². The molecule has 0 aromatic carbocycles. The number of carbonyl (C=O) groups is 1. The number of carbonyl (C=O) groups excluding carboxylic acids is 1. The molecule has 0 radical (unpaired) electrons. The Kier molecular flexibility index (Phi) is 8.26. The van der Waals surface area contributed by atoms with E-state index in [0.29, 0.717) is 18.6 Å². The first-order chi connectivity index (χ1) is 7.15. The second kappa shape index (κ2) is 8.64. The minimum Gasteiger partial charge on any atom is -0.462 e. The lowest BCUT2D eigenvalue weighted by molar-refractivity contribution is -0.141. The van der Waals surface area contributed by atoms with Gasteiger partial charge >= 0.3 is 5.97 Å². The summed E-state index contributed by atoms with van der Waals surface area (Å²) in [6.45, 7) is 4.12. The zero-order chi connectivity index (χ0) is 11.7. The van der Waals surface area contributed by atoms with Crippen molar-refractivity contribution in [3.63, 3.8) is 0 Å². The number of hydrogen-bond acceptors (Lipinski definition) is 4. The van der Waals surface area contributed by atoms with Crippen molar-refractivity contribution in [1.82, 2.24) is 0 Å². The van der Waals surface area contributed by atoms with Crippen LogP contribution >= 0.6 is 0 Å². The number of hydrogen-bond donors (Lipinski definition) is 0. The number of esters is 1. The summed E-state index contributed by atoms with van der Waals surface area (Å²) < 4.78 is 14.9. The Labute approximate surface area is 94.0 Å². The van der Waals surface area contributed by atoms with Crippen LogP contribution < -0.4 is 0 Å². The van der Waals surface area contributed by atoms with E-state index in [-0.39, 0.29) is 5.97 Å². The van der Waals surface area contributed by atoms with Gasteiger partial charge in [-0.1, -0.05) is 12.6 Å². The van der Waals surface area contributed by atoms with Crippen LogP contribution in [0.4, 0.5) is 0 Å². The molecule has 0 fully saturated rings. The van der Waals surface area contributed by atoms with Gasteiger partial charge in [0.2, 0.25) is 0 Å². The summed E-state index contributed by atoms with van der Waals surface area (Å²) >= 11 is 0. The normalized spacial score (nSPS) is 10.6. The lowest BCUT2D eigenvalue weighted by Gasteiger charge is -2.14. The van der Waals surface area contributed by atoms with Crippen LogP contribution in [-0.2, 0) is 19.0 Å². The van der Waals surface area contributed by atoms with Gasteiger partial charge in [0.05, 0.1) is 6.61 Å². The Morgan fingerprint density at radius 2 is 2.00 bits per heavy atom. The van der Waals surface area contributed by atoms with E-state index in [4.69, 9.17) is 14.2 Å². The summed E-state index contributed by atoms with van der Waals surface area (Å²) in [5.41, 5.74) is 0.386. The standard InChI is InChI=1S/C10H20O4Si/c1-8(7-9(12-2)13-3)10(11)14-5-4-6-15/h9H,1,4-7H2,2-3,15H3. The van der Waals surface area contributed by atoms with E-state index in [1.165, 1.54) is 14.2 Å². The molecule has 15 heavy (non-hydrogen) atoms. The highest BCUT2D eigenvalue weighted by Gasteiger charge is 2.14. The predicted octanol–water partition coefficient (Wildman–Crippen LogP) is 0.269. The number of rotatable bonds is 8. The second-order valence-corrected chi connectivity index (χ2v) is 4.20. The van der Waals surface area contributed by atoms with Crippen molar-refractivity contribution < 1.29 is 19.0 Å². The van der Waals surface area contributed by atoms with Crippen molar-refractivity contribution in [3.05, 3.63) is 12.2 Å². The highest BCUT2D eigenvalue weighted by atomic mass is 28.1. The quantitative estimate of drug-likeness (QED) is 0.198. The van der Waals surface area contributed by atoms with E-state index < -0.39 is 6.29 Å². The van der Waals surface area contributed by atoms with Crippen molar-refractivity contribution in [2.45, 2.75) is 25.2 Å². The molecule has 0 bridgehead atoms. The first kappa shape index (κ1) is 14.3. The lowest BCUT2D eigenvalue weighted by Crippen LogP contribution is -2.18. The molecule has 0 saturated carbocycles. The van der Waals surface area contributed by atoms with Crippen molar-refractivity contribution >= 4 is 16.2 Å². The molecule has 88 valence electrons. The summed E-state index contributed by atoms with van der Waals surface area (Å²) in [5.74, 6) is -0.357. The van der Waals surface area contributed by atoms with Crippen LogP contribution in [0.2, 0.25) is 6.04 Å². The highest BCUT2D eigenvalue weighted by molar-refractivity contribution is 6.08. The second-order valence-electron chi connectivity index (χ2n) is 3.20. The molecule has 0 aliphatic rings. The molecule has 5 heteroatoms. The number of methoxy groups -OCH3 is 2. The fraction of sp³-hybridized carbons (Fsp3) is 0.700. The van der Waals surface area contributed by atoms with Gasteiger partial charge in [0, 0.05) is 36.5 Å². The Balaban J connectivity index is 3.82. The third-order valence-corrected chi connectivity index (χ3v) is 2.67. The van der Waals surface area contributed by atoms with Gasteiger partial charge < -0.3 is 14.2 Å². The van der Waals surface area contributed by atoms with Crippen LogP contribution in [0.25, 0.3) is 0 Å². The Morgan fingerprint density at radius 3 is 2.47 bits per heavy atom. The predicted molar refractivity (Wildman–Crippen MR) is 61.9 cm³/mol. The lowest BCUT2D eigenvalue weighted by atomic mass is 10.2. The van der Waals surface area contributed by atoms with Crippen LogP contribution in [0.1, 0.15) is 12.8 Å². The molecule has 0 saturated heterocycles. The van der Waals surface area contributed by atoms with E-state index in [0.717, 1.165) is 22.7 Å². The topological polar surface area (TPSA) is 44.8 Å². The Hall–Kier alpha value is -0.653. The maximum absolute atomic E-state index is 11.4. The van der Waals surface area contributed by atoms with Crippen LogP contribution in [0.5, 0.6) is 0 Å². The third-order valence-electron chi connectivity index (χ3n) is 1.96. The first-order valence-electron chi connectivity index (χ1n) is 5.06. The molecule has 0 aliphatic carbocycles. The van der Waals surface area contributed by atoms with Crippen molar-refractivity contribution in [2.75, 3.05) is 20.8 Å². The van der Waals surface area contributed by atoms with Gasteiger partial charge in [-0.3, -0.25) is 0 Å². The first-order valence-corrected chi connectivity index (χ1v) is 6.47. The Bertz CT molecular complexity index is 202. The van der Waals surface area contributed by atoms with Crippen LogP contribution in [0.15, 0.2) is 12.2 Å². The SMILES string of the molecule is C=C(CC(OC)OC)C(=O)OCCC[SiH3]. The van der Waals surface area contributed by atoms with Gasteiger partial charge in [-0.25, -0.2) is 4.79 Å². The van der Waals surface area contributed by atoms with E-state index >= 15 is 0 Å². The highest BCUT2D eigenvalue weighted by Crippen LogP contribution is 2.08. The van der Waals surface area contributed by atoms with Gasteiger partial charge in [0.15, 0.2) is 6.29 Å².